The SMILES string of the molecule is Cc1ccnc(C(C)C)c1-n1c(=O)nc(Cl)c2c(OC3CC3)nc(Cl)cc21. The lowest BCUT2D eigenvalue weighted by molar-refractivity contribution is 0.295. The van der Waals surface area contributed by atoms with Crippen LogP contribution in [0.25, 0.3) is 16.6 Å². The molecular formula is C19H18Cl2N4O2. The first-order valence-corrected chi connectivity index (χ1v) is 9.53. The van der Waals surface area contributed by atoms with E-state index in [2.05, 4.69) is 15.0 Å². The maximum atomic E-state index is 12.9. The van der Waals surface area contributed by atoms with Crippen LogP contribution >= 0.6 is 23.2 Å². The average Bonchev–Trinajstić information content (AvgIpc) is 3.39. The highest BCUT2D eigenvalue weighted by Crippen LogP contribution is 2.36. The van der Waals surface area contributed by atoms with Gasteiger partial charge in [-0.1, -0.05) is 37.0 Å². The van der Waals surface area contributed by atoms with Crippen molar-refractivity contribution < 1.29 is 4.74 Å². The molecule has 0 N–H and O–H groups in total. The highest BCUT2D eigenvalue weighted by atomic mass is 35.5. The summed E-state index contributed by atoms with van der Waals surface area (Å²) >= 11 is 12.6. The number of aromatic nitrogens is 4. The average molecular weight is 405 g/mol. The van der Waals surface area contributed by atoms with E-state index in [4.69, 9.17) is 27.9 Å². The third-order valence-electron chi connectivity index (χ3n) is 4.49. The van der Waals surface area contributed by atoms with Gasteiger partial charge in [-0.3, -0.25) is 9.55 Å². The molecule has 0 aromatic carbocycles. The fraction of sp³-hybridized carbons (Fsp3) is 0.368. The number of hydrogen-bond donors (Lipinski definition) is 0. The molecule has 0 radical (unpaired) electrons. The molecule has 0 aliphatic heterocycles. The molecule has 0 saturated heterocycles. The predicted molar refractivity (Wildman–Crippen MR) is 105 cm³/mol. The fourth-order valence-corrected chi connectivity index (χ4v) is 3.50. The molecule has 1 aliphatic rings. The van der Waals surface area contributed by atoms with E-state index >= 15 is 0 Å². The Morgan fingerprint density at radius 3 is 2.67 bits per heavy atom. The predicted octanol–water partition coefficient (Wildman–Crippen LogP) is 4.46. The van der Waals surface area contributed by atoms with Crippen LogP contribution in [0.1, 0.15) is 43.9 Å². The Labute approximate surface area is 166 Å². The lowest BCUT2D eigenvalue weighted by Crippen LogP contribution is -2.25. The maximum Gasteiger partial charge on any atom is 0.354 e. The first-order chi connectivity index (χ1) is 12.9. The minimum Gasteiger partial charge on any atom is -0.474 e. The normalized spacial score (nSPS) is 14.1. The van der Waals surface area contributed by atoms with Gasteiger partial charge in [-0.05, 0) is 37.3 Å². The molecule has 3 heterocycles. The molecule has 0 unspecified atom stereocenters. The Morgan fingerprint density at radius 1 is 1.26 bits per heavy atom. The Bertz CT molecular complexity index is 1110. The molecule has 3 aromatic rings. The summed E-state index contributed by atoms with van der Waals surface area (Å²) in [5.41, 5.74) is 2.39. The fourth-order valence-electron chi connectivity index (χ4n) is 3.07. The standard InChI is InChI=1S/C19H18Cl2N4O2/c1-9(2)15-16(10(3)6-7-22-15)25-12-8-13(20)23-18(27-11-4-5-11)14(12)17(21)24-19(25)26/h6-9,11H,4-5H2,1-3H3. The number of aryl methyl sites for hydroxylation is 1. The summed E-state index contributed by atoms with van der Waals surface area (Å²) in [7, 11) is 0. The van der Waals surface area contributed by atoms with Crippen LogP contribution in [-0.4, -0.2) is 25.6 Å². The number of ether oxygens (including phenoxy) is 1. The molecule has 0 bridgehead atoms. The van der Waals surface area contributed by atoms with E-state index in [1.165, 1.54) is 4.57 Å². The zero-order valence-corrected chi connectivity index (χ0v) is 16.7. The van der Waals surface area contributed by atoms with Gasteiger partial charge in [0, 0.05) is 12.3 Å². The summed E-state index contributed by atoms with van der Waals surface area (Å²) < 4.78 is 7.39. The number of nitrogens with zero attached hydrogens (tertiary/aromatic N) is 4. The highest BCUT2D eigenvalue weighted by molar-refractivity contribution is 6.35. The Kier molecular flexibility index (Phi) is 4.56. The molecule has 3 aromatic heterocycles. The Hall–Kier alpha value is -2.18. The minimum atomic E-state index is -0.495. The first-order valence-electron chi connectivity index (χ1n) is 8.78. The van der Waals surface area contributed by atoms with Crippen LogP contribution in [-0.2, 0) is 0 Å². The number of rotatable bonds is 4. The molecule has 0 spiro atoms. The van der Waals surface area contributed by atoms with Gasteiger partial charge in [-0.25, -0.2) is 9.78 Å². The van der Waals surface area contributed by atoms with Gasteiger partial charge in [-0.15, -0.1) is 0 Å². The van der Waals surface area contributed by atoms with E-state index in [0.717, 1.165) is 24.1 Å². The van der Waals surface area contributed by atoms with Gasteiger partial charge >= 0.3 is 5.69 Å². The van der Waals surface area contributed by atoms with Gasteiger partial charge in [0.2, 0.25) is 5.88 Å². The van der Waals surface area contributed by atoms with Crippen molar-refractivity contribution in [1.29, 1.82) is 0 Å². The number of fused-ring (bicyclic) bond motifs is 1. The topological polar surface area (TPSA) is 69.9 Å². The highest BCUT2D eigenvalue weighted by Gasteiger charge is 2.27. The lowest BCUT2D eigenvalue weighted by atomic mass is 10.0. The van der Waals surface area contributed by atoms with Crippen LogP contribution in [0.2, 0.25) is 10.3 Å². The Morgan fingerprint density at radius 2 is 2.00 bits per heavy atom. The monoisotopic (exact) mass is 404 g/mol. The summed E-state index contributed by atoms with van der Waals surface area (Å²) in [6, 6.07) is 3.47. The zero-order chi connectivity index (χ0) is 19.3. The van der Waals surface area contributed by atoms with E-state index in [1.807, 2.05) is 26.8 Å². The van der Waals surface area contributed by atoms with Crippen molar-refractivity contribution in [3.8, 4) is 11.6 Å². The number of hydrogen-bond acceptors (Lipinski definition) is 5. The lowest BCUT2D eigenvalue weighted by Gasteiger charge is -2.19. The molecule has 6 nitrogen and oxygen atoms in total. The zero-order valence-electron chi connectivity index (χ0n) is 15.2. The van der Waals surface area contributed by atoms with Crippen molar-refractivity contribution in [3.63, 3.8) is 0 Å². The summed E-state index contributed by atoms with van der Waals surface area (Å²) in [5.74, 6) is 0.413. The van der Waals surface area contributed by atoms with Crippen LogP contribution in [0, 0.1) is 6.92 Å². The minimum absolute atomic E-state index is 0.0544. The molecule has 27 heavy (non-hydrogen) atoms. The van der Waals surface area contributed by atoms with Crippen LogP contribution in [0.3, 0.4) is 0 Å². The quantitative estimate of drug-likeness (QED) is 0.474. The molecule has 140 valence electrons. The van der Waals surface area contributed by atoms with Crippen molar-refractivity contribution >= 4 is 34.1 Å². The molecule has 8 heteroatoms. The number of halogens is 2. The second kappa shape index (κ2) is 6.77. The van der Waals surface area contributed by atoms with Crippen LogP contribution in [0.4, 0.5) is 0 Å². The van der Waals surface area contributed by atoms with Gasteiger partial charge in [-0.2, -0.15) is 4.98 Å². The largest absolute Gasteiger partial charge is 0.474 e. The van der Waals surface area contributed by atoms with E-state index in [1.54, 1.807) is 12.3 Å². The maximum absolute atomic E-state index is 12.9. The molecule has 0 atom stereocenters. The van der Waals surface area contributed by atoms with Crippen molar-refractivity contribution in [2.75, 3.05) is 0 Å². The van der Waals surface area contributed by atoms with Crippen LogP contribution < -0.4 is 10.4 Å². The second-order valence-electron chi connectivity index (χ2n) is 7.00. The van der Waals surface area contributed by atoms with Crippen molar-refractivity contribution in [3.05, 3.63) is 50.4 Å². The van der Waals surface area contributed by atoms with Gasteiger partial charge in [0.1, 0.15) is 16.4 Å². The molecule has 1 saturated carbocycles. The Balaban J connectivity index is 2.11. The molecule has 1 aliphatic carbocycles. The first kappa shape index (κ1) is 18.2. The van der Waals surface area contributed by atoms with Gasteiger partial charge in [0.15, 0.2) is 0 Å². The third kappa shape index (κ3) is 3.28. The molecule has 0 amide bonds. The third-order valence-corrected chi connectivity index (χ3v) is 4.96. The molecular weight excluding hydrogens is 387 g/mol. The summed E-state index contributed by atoms with van der Waals surface area (Å²) in [6.07, 6.45) is 3.75. The van der Waals surface area contributed by atoms with Gasteiger partial charge in [0.05, 0.1) is 22.3 Å². The van der Waals surface area contributed by atoms with E-state index in [9.17, 15) is 4.79 Å². The van der Waals surface area contributed by atoms with Crippen molar-refractivity contribution in [1.82, 2.24) is 19.5 Å². The smallest absolute Gasteiger partial charge is 0.354 e. The second-order valence-corrected chi connectivity index (χ2v) is 7.74. The molecule has 1 fully saturated rings. The summed E-state index contributed by atoms with van der Waals surface area (Å²) in [4.78, 5) is 25.7. The van der Waals surface area contributed by atoms with E-state index in [0.29, 0.717) is 22.5 Å². The van der Waals surface area contributed by atoms with Crippen molar-refractivity contribution in [2.45, 2.75) is 45.6 Å². The van der Waals surface area contributed by atoms with Gasteiger partial charge in [0.25, 0.3) is 0 Å². The van der Waals surface area contributed by atoms with E-state index in [-0.39, 0.29) is 22.3 Å². The number of pyridine rings is 2. The van der Waals surface area contributed by atoms with Crippen molar-refractivity contribution in [2.24, 2.45) is 0 Å². The van der Waals surface area contributed by atoms with Gasteiger partial charge < -0.3 is 4.74 Å². The summed E-state index contributed by atoms with van der Waals surface area (Å²) in [5, 5.41) is 0.755. The molecule has 4 rings (SSSR count). The summed E-state index contributed by atoms with van der Waals surface area (Å²) in [6.45, 7) is 5.98. The van der Waals surface area contributed by atoms with E-state index < -0.39 is 5.69 Å². The van der Waals surface area contributed by atoms with Crippen LogP contribution in [0.15, 0.2) is 23.1 Å². The van der Waals surface area contributed by atoms with Crippen LogP contribution in [0.5, 0.6) is 5.88 Å².